The van der Waals surface area contributed by atoms with Gasteiger partial charge in [0, 0.05) is 30.6 Å². The van der Waals surface area contributed by atoms with Gasteiger partial charge in [0.2, 0.25) is 5.91 Å². The van der Waals surface area contributed by atoms with Crippen LogP contribution >= 0.6 is 0 Å². The van der Waals surface area contributed by atoms with Crippen LogP contribution in [0.5, 0.6) is 0 Å². The number of amides is 2. The van der Waals surface area contributed by atoms with Crippen LogP contribution in [0.4, 0.5) is 5.69 Å². The molecule has 10 heteroatoms. The Morgan fingerprint density at radius 3 is 2.72 bits per heavy atom. The molecule has 4 N–H and O–H groups in total. The Bertz CT molecular complexity index is 929. The molecule has 0 aliphatic carbocycles. The van der Waals surface area contributed by atoms with E-state index in [0.717, 1.165) is 4.68 Å². The lowest BCUT2D eigenvalue weighted by molar-refractivity contribution is -0.136. The molecule has 2 aromatic rings. The largest absolute Gasteiger partial charge is 0.382 e. The zero-order valence-corrected chi connectivity index (χ0v) is 16.1. The van der Waals surface area contributed by atoms with Crippen molar-refractivity contribution in [1.82, 2.24) is 15.1 Å². The van der Waals surface area contributed by atoms with Crippen LogP contribution < -0.4 is 21.9 Å². The maximum Gasteiger partial charge on any atom is 0.277 e. The van der Waals surface area contributed by atoms with Crippen molar-refractivity contribution in [1.29, 1.82) is 0 Å². The van der Waals surface area contributed by atoms with Crippen molar-refractivity contribution >= 4 is 28.3 Å². The average Bonchev–Trinajstić information content (AvgIpc) is 2.71. The Balaban J connectivity index is 1.69. The molecular weight excluding hydrogens is 378 g/mol. The third-order valence-electron chi connectivity index (χ3n) is 4.54. The van der Waals surface area contributed by atoms with Crippen molar-refractivity contribution in [2.45, 2.75) is 18.9 Å². The third kappa shape index (κ3) is 5.17. The molecule has 0 bridgehead atoms. The molecule has 1 aromatic heterocycles. The van der Waals surface area contributed by atoms with Gasteiger partial charge in [-0.3, -0.25) is 19.7 Å². The predicted octanol–water partition coefficient (Wildman–Crippen LogP) is -0.222. The lowest BCUT2D eigenvalue weighted by Crippen LogP contribution is -2.45. The molecule has 1 saturated heterocycles. The number of ether oxygens (including phenoxy) is 2. The molecule has 10 nitrogen and oxygen atoms in total. The number of rotatable bonds is 10. The van der Waals surface area contributed by atoms with Crippen LogP contribution in [0.2, 0.25) is 0 Å². The lowest BCUT2D eigenvalue weighted by Gasteiger charge is -2.22. The minimum atomic E-state index is -0.797. The first-order chi connectivity index (χ1) is 14.1. The van der Waals surface area contributed by atoms with Gasteiger partial charge in [0.25, 0.3) is 11.5 Å². The molecule has 29 heavy (non-hydrogen) atoms. The van der Waals surface area contributed by atoms with E-state index in [1.807, 2.05) is 6.07 Å². The summed E-state index contributed by atoms with van der Waals surface area (Å²) in [6, 6.07) is 4.61. The maximum atomic E-state index is 13.0. The molecule has 2 heterocycles. The van der Waals surface area contributed by atoms with E-state index in [1.54, 1.807) is 18.3 Å². The van der Waals surface area contributed by atoms with Crippen molar-refractivity contribution in [2.24, 2.45) is 5.73 Å². The number of carbonyl (C=O) groups is 2. The van der Waals surface area contributed by atoms with E-state index in [-0.39, 0.29) is 24.3 Å². The molecule has 1 unspecified atom stereocenters. The molecule has 1 aliphatic rings. The molecule has 156 valence electrons. The highest BCUT2D eigenvalue weighted by Crippen LogP contribution is 2.21. The highest BCUT2D eigenvalue weighted by atomic mass is 16.5. The van der Waals surface area contributed by atoms with Crippen LogP contribution in [0.25, 0.3) is 10.8 Å². The SMILES string of the molecule is NCCOCCOCCNc1cccc2cnn(C3CCC(=O)NC3=O)c(=O)c12. The van der Waals surface area contributed by atoms with Gasteiger partial charge in [-0.15, -0.1) is 0 Å². The standard InChI is InChI=1S/C19H25N5O5/c20-6-8-28-10-11-29-9-7-21-14-3-1-2-13-12-22-24(19(27)17(13)14)15-4-5-16(25)23-18(15)26/h1-3,12,15,21H,4-11,20H2,(H,23,25,26). The number of nitrogens with one attached hydrogen (secondary N) is 2. The van der Waals surface area contributed by atoms with Crippen molar-refractivity contribution in [2.75, 3.05) is 44.8 Å². The van der Waals surface area contributed by atoms with Crippen molar-refractivity contribution < 1.29 is 19.1 Å². The van der Waals surface area contributed by atoms with Gasteiger partial charge in [-0.2, -0.15) is 5.10 Å². The van der Waals surface area contributed by atoms with E-state index in [2.05, 4.69) is 15.7 Å². The van der Waals surface area contributed by atoms with E-state index < -0.39 is 11.9 Å². The number of carbonyl (C=O) groups excluding carboxylic acids is 2. The summed E-state index contributed by atoms with van der Waals surface area (Å²) in [7, 11) is 0. The number of fused-ring (bicyclic) bond motifs is 1. The third-order valence-corrected chi connectivity index (χ3v) is 4.54. The van der Waals surface area contributed by atoms with Crippen molar-refractivity contribution in [3.05, 3.63) is 34.7 Å². The van der Waals surface area contributed by atoms with Gasteiger partial charge in [-0.25, -0.2) is 4.68 Å². The minimum Gasteiger partial charge on any atom is -0.382 e. The van der Waals surface area contributed by atoms with Crippen LogP contribution in [0.1, 0.15) is 18.9 Å². The average molecular weight is 403 g/mol. The molecule has 1 atom stereocenters. The number of benzene rings is 1. The van der Waals surface area contributed by atoms with Gasteiger partial charge in [0.05, 0.1) is 38.0 Å². The molecule has 1 aliphatic heterocycles. The van der Waals surface area contributed by atoms with Gasteiger partial charge in [-0.05, 0) is 12.5 Å². The second-order valence-electron chi connectivity index (χ2n) is 6.57. The Hall–Kier alpha value is -2.82. The van der Waals surface area contributed by atoms with Gasteiger partial charge in [0.15, 0.2) is 0 Å². The van der Waals surface area contributed by atoms with Gasteiger partial charge >= 0.3 is 0 Å². The minimum absolute atomic E-state index is 0.175. The highest BCUT2D eigenvalue weighted by Gasteiger charge is 2.30. The monoisotopic (exact) mass is 403 g/mol. The molecule has 0 spiro atoms. The topological polar surface area (TPSA) is 138 Å². The normalized spacial score (nSPS) is 16.8. The molecule has 1 fully saturated rings. The molecule has 2 amide bonds. The second-order valence-corrected chi connectivity index (χ2v) is 6.57. The van der Waals surface area contributed by atoms with E-state index in [0.29, 0.717) is 56.0 Å². The van der Waals surface area contributed by atoms with Crippen molar-refractivity contribution in [3.8, 4) is 0 Å². The quantitative estimate of drug-likeness (QED) is 0.366. The first-order valence-corrected chi connectivity index (χ1v) is 9.55. The number of hydrogen-bond acceptors (Lipinski definition) is 8. The fourth-order valence-corrected chi connectivity index (χ4v) is 3.16. The number of imide groups is 1. The molecule has 0 saturated carbocycles. The summed E-state index contributed by atoms with van der Waals surface area (Å²) in [6.07, 6.45) is 1.98. The zero-order chi connectivity index (χ0) is 20.6. The highest BCUT2D eigenvalue weighted by molar-refractivity contribution is 5.99. The second kappa shape index (κ2) is 10.1. The summed E-state index contributed by atoms with van der Waals surface area (Å²) < 4.78 is 11.9. The first-order valence-electron chi connectivity index (χ1n) is 9.55. The van der Waals surface area contributed by atoms with Crippen LogP contribution in [0.3, 0.4) is 0 Å². The number of nitrogens with zero attached hydrogens (tertiary/aromatic N) is 2. The van der Waals surface area contributed by atoms with Gasteiger partial charge < -0.3 is 20.5 Å². The first kappa shape index (κ1) is 20.9. The maximum absolute atomic E-state index is 13.0. The zero-order valence-electron chi connectivity index (χ0n) is 16.1. The Morgan fingerprint density at radius 1 is 1.17 bits per heavy atom. The Kier molecular flexibility index (Phi) is 7.28. The van der Waals surface area contributed by atoms with Crippen LogP contribution in [-0.2, 0) is 19.1 Å². The Labute approximate surface area is 167 Å². The summed E-state index contributed by atoms with van der Waals surface area (Å²) in [6.45, 7) is 2.86. The summed E-state index contributed by atoms with van der Waals surface area (Å²) in [4.78, 5) is 36.6. The number of aromatic nitrogens is 2. The Morgan fingerprint density at radius 2 is 1.97 bits per heavy atom. The predicted molar refractivity (Wildman–Crippen MR) is 107 cm³/mol. The van der Waals surface area contributed by atoms with Crippen LogP contribution in [0, 0.1) is 0 Å². The fraction of sp³-hybridized carbons (Fsp3) is 0.474. The molecule has 0 radical (unpaired) electrons. The summed E-state index contributed by atoms with van der Waals surface area (Å²) in [5.41, 5.74) is 5.60. The summed E-state index contributed by atoms with van der Waals surface area (Å²) in [5, 5.41) is 10.7. The number of anilines is 1. The van der Waals surface area contributed by atoms with E-state index in [1.165, 1.54) is 0 Å². The molecular formula is C19H25N5O5. The molecule has 1 aromatic carbocycles. The lowest BCUT2D eigenvalue weighted by atomic mass is 10.1. The van der Waals surface area contributed by atoms with Crippen molar-refractivity contribution in [3.63, 3.8) is 0 Å². The number of nitrogens with two attached hydrogens (primary N) is 1. The van der Waals surface area contributed by atoms with Crippen LogP contribution in [-0.4, -0.2) is 61.1 Å². The van der Waals surface area contributed by atoms with Crippen LogP contribution in [0.15, 0.2) is 29.2 Å². The van der Waals surface area contributed by atoms with Gasteiger partial charge in [-0.1, -0.05) is 12.1 Å². The number of hydrogen-bond donors (Lipinski definition) is 3. The van der Waals surface area contributed by atoms with E-state index in [4.69, 9.17) is 15.2 Å². The molecule has 3 rings (SSSR count). The van der Waals surface area contributed by atoms with E-state index >= 15 is 0 Å². The summed E-state index contributed by atoms with van der Waals surface area (Å²) in [5.74, 6) is -0.846. The summed E-state index contributed by atoms with van der Waals surface area (Å²) >= 11 is 0. The number of piperidine rings is 1. The smallest absolute Gasteiger partial charge is 0.277 e. The van der Waals surface area contributed by atoms with E-state index in [9.17, 15) is 14.4 Å². The fourth-order valence-electron chi connectivity index (χ4n) is 3.16. The van der Waals surface area contributed by atoms with Gasteiger partial charge in [0.1, 0.15) is 6.04 Å².